The maximum atomic E-state index is 14.2. The molecule has 2 N–H and O–H groups in total. The Balaban J connectivity index is 2.14. The number of morpholine rings is 1. The van der Waals surface area contributed by atoms with Gasteiger partial charge in [0.1, 0.15) is 10.7 Å². The van der Waals surface area contributed by atoms with Gasteiger partial charge in [0.15, 0.2) is 6.10 Å². The van der Waals surface area contributed by atoms with Crippen LogP contribution in [0.3, 0.4) is 0 Å². The molecule has 10 nitrogen and oxygen atoms in total. The SMILES string of the molecule is CCNC(=O)NC(=O)C(C)OC(=O)c1ccc(F)c(S(=O)(=O)N2CCOCC2)c1. The number of nitrogens with one attached hydrogen (secondary N) is 2. The summed E-state index contributed by atoms with van der Waals surface area (Å²) < 4.78 is 50.6. The quantitative estimate of drug-likeness (QED) is 0.617. The molecule has 0 radical (unpaired) electrons. The van der Waals surface area contributed by atoms with Crippen molar-refractivity contribution in [3.05, 3.63) is 29.6 Å². The largest absolute Gasteiger partial charge is 0.449 e. The third kappa shape index (κ3) is 5.71. The first-order valence-electron chi connectivity index (χ1n) is 8.84. The molecule has 1 heterocycles. The molecule has 0 spiro atoms. The van der Waals surface area contributed by atoms with E-state index in [0.717, 1.165) is 22.5 Å². The van der Waals surface area contributed by atoms with Gasteiger partial charge in [0.2, 0.25) is 10.0 Å². The normalized spacial score (nSPS) is 16.0. The number of nitrogens with zero attached hydrogens (tertiary/aromatic N) is 1. The van der Waals surface area contributed by atoms with E-state index < -0.39 is 44.7 Å². The van der Waals surface area contributed by atoms with Crippen molar-refractivity contribution in [1.29, 1.82) is 0 Å². The van der Waals surface area contributed by atoms with Crippen LogP contribution in [0.1, 0.15) is 24.2 Å². The number of carbonyl (C=O) groups excluding carboxylic acids is 3. The standard InChI is InChI=1S/C17H22FN3O7S/c1-3-19-17(24)20-15(22)11(2)28-16(23)12-4-5-13(18)14(10-12)29(25,26)21-6-8-27-9-7-21/h4-5,10-11H,3,6-9H2,1-2H3,(H2,19,20,22,24). The minimum absolute atomic E-state index is 0.0630. The topological polar surface area (TPSA) is 131 Å². The molecule has 1 fully saturated rings. The molecular weight excluding hydrogens is 409 g/mol. The molecule has 1 aliphatic heterocycles. The minimum Gasteiger partial charge on any atom is -0.449 e. The van der Waals surface area contributed by atoms with Gasteiger partial charge in [-0.05, 0) is 32.0 Å². The van der Waals surface area contributed by atoms with Gasteiger partial charge in [-0.15, -0.1) is 0 Å². The number of hydrogen-bond acceptors (Lipinski definition) is 7. The molecule has 1 aromatic rings. The first-order chi connectivity index (χ1) is 13.7. The fraction of sp³-hybridized carbons (Fsp3) is 0.471. The van der Waals surface area contributed by atoms with E-state index in [2.05, 4.69) is 5.32 Å². The summed E-state index contributed by atoms with van der Waals surface area (Å²) in [5, 5.41) is 4.33. The van der Waals surface area contributed by atoms with Crippen molar-refractivity contribution in [1.82, 2.24) is 14.9 Å². The number of ether oxygens (including phenoxy) is 2. The van der Waals surface area contributed by atoms with E-state index in [1.165, 1.54) is 6.92 Å². The molecule has 29 heavy (non-hydrogen) atoms. The molecule has 3 amide bonds. The highest BCUT2D eigenvalue weighted by molar-refractivity contribution is 7.89. The van der Waals surface area contributed by atoms with Crippen LogP contribution in [-0.4, -0.2) is 69.6 Å². The number of amides is 3. The summed E-state index contributed by atoms with van der Waals surface area (Å²) in [6.07, 6.45) is -1.34. The van der Waals surface area contributed by atoms with Crippen LogP contribution < -0.4 is 10.6 Å². The number of urea groups is 1. The predicted molar refractivity (Wildman–Crippen MR) is 98.1 cm³/mol. The highest BCUT2D eigenvalue weighted by Gasteiger charge is 2.30. The minimum atomic E-state index is -4.18. The van der Waals surface area contributed by atoms with Crippen LogP contribution in [0.25, 0.3) is 0 Å². The Hall–Kier alpha value is -2.57. The van der Waals surface area contributed by atoms with Gasteiger partial charge < -0.3 is 14.8 Å². The molecule has 1 aromatic carbocycles. The number of hydrogen-bond donors (Lipinski definition) is 2. The Morgan fingerprint density at radius 2 is 1.93 bits per heavy atom. The van der Waals surface area contributed by atoms with Crippen LogP contribution in [0, 0.1) is 5.82 Å². The second kappa shape index (κ2) is 9.76. The summed E-state index contributed by atoms with van der Waals surface area (Å²) in [4.78, 5) is 34.8. The Morgan fingerprint density at radius 1 is 1.28 bits per heavy atom. The van der Waals surface area contributed by atoms with Gasteiger partial charge in [-0.1, -0.05) is 0 Å². The smallest absolute Gasteiger partial charge is 0.338 e. The number of carbonyl (C=O) groups is 3. The van der Waals surface area contributed by atoms with Crippen molar-refractivity contribution in [2.24, 2.45) is 0 Å². The van der Waals surface area contributed by atoms with Crippen LogP contribution in [0.2, 0.25) is 0 Å². The van der Waals surface area contributed by atoms with Crippen LogP contribution >= 0.6 is 0 Å². The zero-order valence-corrected chi connectivity index (χ0v) is 16.8. The maximum absolute atomic E-state index is 14.2. The van der Waals surface area contributed by atoms with E-state index in [-0.39, 0.29) is 31.9 Å². The summed E-state index contributed by atoms with van der Waals surface area (Å²) in [5.41, 5.74) is -0.254. The fourth-order valence-corrected chi connectivity index (χ4v) is 3.95. The lowest BCUT2D eigenvalue weighted by molar-refractivity contribution is -0.127. The summed E-state index contributed by atoms with van der Waals surface area (Å²) in [7, 11) is -4.18. The summed E-state index contributed by atoms with van der Waals surface area (Å²) >= 11 is 0. The molecule has 12 heteroatoms. The fourth-order valence-electron chi connectivity index (χ4n) is 2.45. The zero-order chi connectivity index (χ0) is 21.6. The van der Waals surface area contributed by atoms with Crippen molar-refractivity contribution in [3.8, 4) is 0 Å². The summed E-state index contributed by atoms with van der Waals surface area (Å²) in [6, 6.07) is 1.99. The van der Waals surface area contributed by atoms with Crippen LogP contribution in [0.4, 0.5) is 9.18 Å². The lowest BCUT2D eigenvalue weighted by Gasteiger charge is -2.26. The van der Waals surface area contributed by atoms with Gasteiger partial charge in [0.25, 0.3) is 5.91 Å². The average molecular weight is 431 g/mol. The third-order valence-electron chi connectivity index (χ3n) is 3.98. The van der Waals surface area contributed by atoms with Gasteiger partial charge >= 0.3 is 12.0 Å². The Kier molecular flexibility index (Phi) is 7.65. The highest BCUT2D eigenvalue weighted by Crippen LogP contribution is 2.22. The lowest BCUT2D eigenvalue weighted by atomic mass is 10.2. The first-order valence-corrected chi connectivity index (χ1v) is 10.3. The highest BCUT2D eigenvalue weighted by atomic mass is 32.2. The van der Waals surface area contributed by atoms with Gasteiger partial charge in [0, 0.05) is 19.6 Å². The Labute approximate surface area is 167 Å². The number of rotatable bonds is 6. The second-order valence-corrected chi connectivity index (χ2v) is 7.96. The molecule has 1 unspecified atom stereocenters. The van der Waals surface area contributed by atoms with Crippen LogP contribution in [0.15, 0.2) is 23.1 Å². The van der Waals surface area contributed by atoms with E-state index in [4.69, 9.17) is 9.47 Å². The van der Waals surface area contributed by atoms with E-state index in [1.807, 2.05) is 5.32 Å². The van der Waals surface area contributed by atoms with Gasteiger partial charge in [-0.2, -0.15) is 4.31 Å². The number of benzene rings is 1. The summed E-state index contributed by atoms with van der Waals surface area (Å²) in [5.74, 6) is -2.93. The van der Waals surface area contributed by atoms with Crippen molar-refractivity contribution in [3.63, 3.8) is 0 Å². The molecule has 1 aliphatic rings. The maximum Gasteiger partial charge on any atom is 0.338 e. The van der Waals surface area contributed by atoms with Crippen molar-refractivity contribution in [2.45, 2.75) is 24.8 Å². The van der Waals surface area contributed by atoms with Crippen molar-refractivity contribution in [2.75, 3.05) is 32.8 Å². The molecular formula is C17H22FN3O7S. The molecule has 0 aliphatic carbocycles. The molecule has 2 rings (SSSR count). The monoisotopic (exact) mass is 431 g/mol. The molecule has 1 atom stereocenters. The Bertz CT molecular complexity index is 885. The predicted octanol–water partition coefficient (Wildman–Crippen LogP) is 0.238. The van der Waals surface area contributed by atoms with Gasteiger partial charge in [0.05, 0.1) is 18.8 Å². The summed E-state index contributed by atoms with van der Waals surface area (Å²) in [6.45, 7) is 3.68. The number of halogens is 1. The van der Waals surface area contributed by atoms with Crippen LogP contribution in [-0.2, 0) is 24.3 Å². The first kappa shape index (κ1) is 22.7. The van der Waals surface area contributed by atoms with Gasteiger partial charge in [-0.3, -0.25) is 10.1 Å². The molecule has 0 bridgehead atoms. The van der Waals surface area contributed by atoms with E-state index in [9.17, 15) is 27.2 Å². The van der Waals surface area contributed by atoms with E-state index >= 15 is 0 Å². The van der Waals surface area contributed by atoms with Crippen molar-refractivity contribution >= 4 is 27.9 Å². The van der Waals surface area contributed by atoms with E-state index in [0.29, 0.717) is 6.54 Å². The molecule has 0 saturated carbocycles. The number of sulfonamides is 1. The van der Waals surface area contributed by atoms with Crippen molar-refractivity contribution < 1.29 is 36.7 Å². The number of imide groups is 1. The molecule has 160 valence electrons. The average Bonchev–Trinajstić information content (AvgIpc) is 2.68. The zero-order valence-electron chi connectivity index (χ0n) is 15.9. The second-order valence-electron chi connectivity index (χ2n) is 6.06. The lowest BCUT2D eigenvalue weighted by Crippen LogP contribution is -2.44. The molecule has 0 aromatic heterocycles. The van der Waals surface area contributed by atoms with Gasteiger partial charge in [-0.25, -0.2) is 22.4 Å². The third-order valence-corrected chi connectivity index (χ3v) is 5.90. The van der Waals surface area contributed by atoms with E-state index in [1.54, 1.807) is 6.92 Å². The van der Waals surface area contributed by atoms with Crippen LogP contribution in [0.5, 0.6) is 0 Å². The number of esters is 1. The Morgan fingerprint density at radius 3 is 2.55 bits per heavy atom. The molecule has 1 saturated heterocycles.